The van der Waals surface area contributed by atoms with Gasteiger partial charge in [0.05, 0.1) is 11.9 Å². The predicted octanol–water partition coefficient (Wildman–Crippen LogP) is 4.48. The van der Waals surface area contributed by atoms with Crippen LogP contribution in [-0.4, -0.2) is 50.0 Å². The third kappa shape index (κ3) is 7.35. The molecule has 0 aliphatic carbocycles. The molecule has 10 heteroatoms. The molecule has 2 atom stereocenters. The Bertz CT molecular complexity index is 1080. The van der Waals surface area contributed by atoms with Crippen molar-refractivity contribution in [3.8, 4) is 0 Å². The minimum atomic E-state index is -3.78. The van der Waals surface area contributed by atoms with Gasteiger partial charge in [0, 0.05) is 28.2 Å². The Kier molecular flexibility index (Phi) is 10.2. The molecule has 2 aromatic carbocycles. The molecule has 0 radical (unpaired) electrons. The van der Waals surface area contributed by atoms with Gasteiger partial charge in [0.2, 0.25) is 21.8 Å². The van der Waals surface area contributed by atoms with Crippen LogP contribution >= 0.6 is 23.2 Å². The maximum Gasteiger partial charge on any atom is 0.244 e. The average Bonchev–Trinajstić information content (AvgIpc) is 2.78. The van der Waals surface area contributed by atoms with Crippen molar-refractivity contribution in [3.63, 3.8) is 0 Å². The van der Waals surface area contributed by atoms with Gasteiger partial charge in [-0.05, 0) is 44.0 Å². The Morgan fingerprint density at radius 1 is 0.971 bits per heavy atom. The van der Waals surface area contributed by atoms with Crippen LogP contribution in [0.3, 0.4) is 0 Å². The van der Waals surface area contributed by atoms with Crippen molar-refractivity contribution in [1.29, 1.82) is 0 Å². The van der Waals surface area contributed by atoms with Crippen LogP contribution in [0.5, 0.6) is 0 Å². The molecule has 7 nitrogen and oxygen atoms in total. The summed E-state index contributed by atoms with van der Waals surface area (Å²) in [5.41, 5.74) is 0.839. The molecule has 0 heterocycles. The fraction of sp³-hybridized carbons (Fsp3) is 0.417. The van der Waals surface area contributed by atoms with Crippen LogP contribution in [0.25, 0.3) is 0 Å². The molecule has 186 valence electrons. The van der Waals surface area contributed by atoms with E-state index in [0.717, 1.165) is 17.0 Å². The first-order chi connectivity index (χ1) is 16.0. The Balaban J connectivity index is 2.48. The number of sulfonamides is 1. The highest BCUT2D eigenvalue weighted by molar-refractivity contribution is 7.92. The number of carbonyl (C=O) groups excluding carboxylic acids is 2. The molecule has 1 N–H and O–H groups in total. The van der Waals surface area contributed by atoms with E-state index in [2.05, 4.69) is 5.32 Å². The second kappa shape index (κ2) is 12.4. The zero-order valence-corrected chi connectivity index (χ0v) is 22.1. The summed E-state index contributed by atoms with van der Waals surface area (Å²) in [5, 5.41) is 3.62. The number of nitrogens with one attached hydrogen (secondary N) is 1. The molecule has 2 amide bonds. The number of hydrogen-bond acceptors (Lipinski definition) is 4. The van der Waals surface area contributed by atoms with Crippen molar-refractivity contribution >= 4 is 50.7 Å². The van der Waals surface area contributed by atoms with Crippen LogP contribution in [0.4, 0.5) is 5.69 Å². The van der Waals surface area contributed by atoms with Crippen molar-refractivity contribution in [1.82, 2.24) is 10.2 Å². The summed E-state index contributed by atoms with van der Waals surface area (Å²) >= 11 is 12.7. The van der Waals surface area contributed by atoms with Gasteiger partial charge in [0.25, 0.3) is 0 Å². The number of carbonyl (C=O) groups is 2. The van der Waals surface area contributed by atoms with Crippen LogP contribution in [0.2, 0.25) is 10.0 Å². The Morgan fingerprint density at radius 2 is 1.56 bits per heavy atom. The maximum atomic E-state index is 13.6. The number of nitrogens with zero attached hydrogens (tertiary/aromatic N) is 2. The number of amides is 2. The fourth-order valence-electron chi connectivity index (χ4n) is 3.42. The average molecular weight is 529 g/mol. The Labute approximate surface area is 212 Å². The van der Waals surface area contributed by atoms with Gasteiger partial charge >= 0.3 is 0 Å². The van der Waals surface area contributed by atoms with E-state index in [1.165, 1.54) is 4.90 Å². The monoisotopic (exact) mass is 527 g/mol. The lowest BCUT2D eigenvalue weighted by atomic mass is 10.1. The van der Waals surface area contributed by atoms with Gasteiger partial charge in [-0.3, -0.25) is 13.9 Å². The number of para-hydroxylation sites is 1. The number of hydrogen-bond donors (Lipinski definition) is 1. The van der Waals surface area contributed by atoms with Crippen molar-refractivity contribution in [2.45, 2.75) is 52.2 Å². The summed E-state index contributed by atoms with van der Waals surface area (Å²) in [5.74, 6) is -0.865. The predicted molar refractivity (Wildman–Crippen MR) is 138 cm³/mol. The summed E-state index contributed by atoms with van der Waals surface area (Å²) < 4.78 is 26.1. The molecule has 0 unspecified atom stereocenters. The zero-order valence-electron chi connectivity index (χ0n) is 19.8. The van der Waals surface area contributed by atoms with Crippen LogP contribution < -0.4 is 9.62 Å². The van der Waals surface area contributed by atoms with E-state index in [0.29, 0.717) is 27.7 Å². The molecule has 0 saturated heterocycles. The summed E-state index contributed by atoms with van der Waals surface area (Å²) in [7, 11) is -3.78. The van der Waals surface area contributed by atoms with Gasteiger partial charge in [-0.15, -0.1) is 0 Å². The van der Waals surface area contributed by atoms with Crippen LogP contribution in [-0.2, 0) is 26.2 Å². The van der Waals surface area contributed by atoms with Crippen molar-refractivity contribution < 1.29 is 18.0 Å². The van der Waals surface area contributed by atoms with Crippen molar-refractivity contribution in [3.05, 3.63) is 64.1 Å². The summed E-state index contributed by atoms with van der Waals surface area (Å²) in [6, 6.07) is 12.4. The van der Waals surface area contributed by atoms with Crippen LogP contribution in [0.15, 0.2) is 48.5 Å². The smallest absolute Gasteiger partial charge is 0.244 e. The second-order valence-electron chi connectivity index (χ2n) is 8.07. The first-order valence-corrected chi connectivity index (χ1v) is 13.6. The van der Waals surface area contributed by atoms with Gasteiger partial charge in [0.15, 0.2) is 0 Å². The Hall–Kier alpha value is -2.29. The van der Waals surface area contributed by atoms with E-state index in [9.17, 15) is 18.0 Å². The summed E-state index contributed by atoms with van der Waals surface area (Å²) in [4.78, 5) is 28.1. The van der Waals surface area contributed by atoms with Crippen molar-refractivity contribution in [2.75, 3.05) is 17.1 Å². The van der Waals surface area contributed by atoms with E-state index < -0.39 is 28.5 Å². The van der Waals surface area contributed by atoms with Gasteiger partial charge < -0.3 is 10.2 Å². The molecule has 0 bridgehead atoms. The largest absolute Gasteiger partial charge is 0.352 e. The second-order valence-corrected chi connectivity index (χ2v) is 10.8. The zero-order chi connectivity index (χ0) is 25.5. The molecule has 0 aromatic heterocycles. The minimum Gasteiger partial charge on any atom is -0.352 e. The molecular formula is C24H31Cl2N3O4S. The number of anilines is 1. The van der Waals surface area contributed by atoms with E-state index in [4.69, 9.17) is 23.2 Å². The van der Waals surface area contributed by atoms with Crippen molar-refractivity contribution in [2.24, 2.45) is 0 Å². The third-order valence-corrected chi connectivity index (χ3v) is 7.35. The minimum absolute atomic E-state index is 0.0455. The molecule has 34 heavy (non-hydrogen) atoms. The molecule has 0 fully saturated rings. The quantitative estimate of drug-likeness (QED) is 0.466. The molecule has 2 aromatic rings. The van der Waals surface area contributed by atoms with Crippen LogP contribution in [0.1, 0.15) is 39.2 Å². The maximum absolute atomic E-state index is 13.6. The highest BCUT2D eigenvalue weighted by Crippen LogP contribution is 2.27. The van der Waals surface area contributed by atoms with E-state index in [1.807, 2.05) is 13.8 Å². The molecule has 0 spiro atoms. The summed E-state index contributed by atoms with van der Waals surface area (Å²) in [6.07, 6.45) is 2.08. The van der Waals surface area contributed by atoms with E-state index in [-0.39, 0.29) is 18.5 Å². The first-order valence-electron chi connectivity index (χ1n) is 11.0. The van der Waals surface area contributed by atoms with Gasteiger partial charge in [0.1, 0.15) is 12.6 Å². The lowest BCUT2D eigenvalue weighted by Gasteiger charge is -2.33. The fourth-order valence-corrected chi connectivity index (χ4v) is 4.79. The lowest BCUT2D eigenvalue weighted by Crippen LogP contribution is -2.53. The topological polar surface area (TPSA) is 86.8 Å². The van der Waals surface area contributed by atoms with Gasteiger partial charge in [-0.25, -0.2) is 8.42 Å². The number of halogens is 2. The highest BCUT2D eigenvalue weighted by atomic mass is 35.5. The number of benzene rings is 2. The number of rotatable bonds is 11. The Morgan fingerprint density at radius 3 is 2.06 bits per heavy atom. The lowest BCUT2D eigenvalue weighted by molar-refractivity contribution is -0.140. The standard InChI is InChI=1S/C24H31Cl2N3O4S/c1-5-17(3)27-24(31)22(6-2)28(15-19-20(25)13-10-14-21(19)26)23(30)16-29(34(4,32)33)18-11-8-7-9-12-18/h7-14,17,22H,5-6,15-16H2,1-4H3,(H,27,31)/t17-,22+/m0/s1. The summed E-state index contributed by atoms with van der Waals surface area (Å²) in [6.45, 7) is 5.10. The molecule has 2 rings (SSSR count). The highest BCUT2D eigenvalue weighted by Gasteiger charge is 2.32. The molecule has 0 aliphatic heterocycles. The van der Waals surface area contributed by atoms with Crippen LogP contribution in [0, 0.1) is 0 Å². The SMILES string of the molecule is CC[C@H](C(=O)N[C@@H](C)CC)N(Cc1c(Cl)cccc1Cl)C(=O)CN(c1ccccc1)S(C)(=O)=O. The van der Waals surface area contributed by atoms with E-state index >= 15 is 0 Å². The first kappa shape index (κ1) is 28.0. The molecular weight excluding hydrogens is 497 g/mol. The molecule has 0 aliphatic rings. The molecule has 0 saturated carbocycles. The van der Waals surface area contributed by atoms with Gasteiger partial charge in [-0.1, -0.05) is 61.3 Å². The third-order valence-electron chi connectivity index (χ3n) is 5.50. The normalized spacial score (nSPS) is 13.1. The van der Waals surface area contributed by atoms with Gasteiger partial charge in [-0.2, -0.15) is 0 Å². The van der Waals surface area contributed by atoms with E-state index in [1.54, 1.807) is 55.5 Å².